The number of benzene rings is 4. The van der Waals surface area contributed by atoms with Gasteiger partial charge in [0, 0.05) is 40.6 Å². The normalized spacial score (nSPS) is 20.9. The molecule has 4 heteroatoms. The van der Waals surface area contributed by atoms with Crippen LogP contribution in [-0.2, 0) is 0 Å². The minimum absolute atomic E-state index is 0.498. The first-order valence-electron chi connectivity index (χ1n) is 13.2. The maximum absolute atomic E-state index is 2.96. The van der Waals surface area contributed by atoms with Gasteiger partial charge in [0.25, 0.3) is 0 Å². The molecule has 4 aromatic rings. The van der Waals surface area contributed by atoms with E-state index in [1.807, 2.05) is 0 Å². The van der Waals surface area contributed by atoms with Crippen molar-refractivity contribution in [1.82, 2.24) is 9.56 Å². The quantitative estimate of drug-likeness (QED) is 0.233. The molecule has 6 rings (SSSR count). The molecule has 0 saturated carbocycles. The smallest absolute Gasteiger partial charge is 0.0481 e. The van der Waals surface area contributed by atoms with Gasteiger partial charge < -0.3 is 0 Å². The van der Waals surface area contributed by atoms with E-state index in [4.69, 9.17) is 0 Å². The number of hydrazine groups is 1. The van der Waals surface area contributed by atoms with E-state index in [9.17, 15) is 0 Å². The monoisotopic (exact) mass is 508 g/mol. The van der Waals surface area contributed by atoms with Crippen LogP contribution in [0.5, 0.6) is 0 Å². The lowest BCUT2D eigenvalue weighted by Crippen LogP contribution is -2.39. The van der Waals surface area contributed by atoms with Gasteiger partial charge in [-0.25, -0.2) is 5.01 Å². The molecule has 0 N–H and O–H groups in total. The van der Waals surface area contributed by atoms with Gasteiger partial charge in [0.1, 0.15) is 0 Å². The lowest BCUT2D eigenvalue weighted by atomic mass is 10.0. The summed E-state index contributed by atoms with van der Waals surface area (Å²) < 4.78 is 2.96. The van der Waals surface area contributed by atoms with Crippen molar-refractivity contribution in [3.8, 4) is 0 Å². The summed E-state index contributed by atoms with van der Waals surface area (Å²) in [5.41, 5.74) is 4.18. The first-order valence-corrected chi connectivity index (χ1v) is 16.0. The number of nitrogens with zero attached hydrogens (tertiary/aromatic N) is 2. The highest BCUT2D eigenvalue weighted by atomic mass is 31.2. The Morgan fingerprint density at radius 2 is 0.944 bits per heavy atom. The van der Waals surface area contributed by atoms with E-state index in [0.717, 1.165) is 0 Å². The summed E-state index contributed by atoms with van der Waals surface area (Å²) in [7, 11) is -1.18. The number of hydrogen-bond acceptors (Lipinski definition) is 2. The molecule has 0 spiro atoms. The summed E-state index contributed by atoms with van der Waals surface area (Å²) in [4.78, 5) is 0. The van der Waals surface area contributed by atoms with Crippen LogP contribution in [0.2, 0.25) is 0 Å². The molecule has 0 aliphatic carbocycles. The van der Waals surface area contributed by atoms with Crippen molar-refractivity contribution >= 4 is 26.8 Å². The lowest BCUT2D eigenvalue weighted by molar-refractivity contribution is 0.191. The Labute approximate surface area is 218 Å². The highest BCUT2D eigenvalue weighted by Crippen LogP contribution is 2.76. The molecular formula is C32H34N2P2. The van der Waals surface area contributed by atoms with E-state index >= 15 is 0 Å². The average molecular weight is 509 g/mol. The summed E-state index contributed by atoms with van der Waals surface area (Å²) in [6.45, 7) is 2.33. The first kappa shape index (κ1) is 24.0. The van der Waals surface area contributed by atoms with Crippen molar-refractivity contribution in [3.05, 3.63) is 132 Å². The second-order valence-corrected chi connectivity index (χ2v) is 14.5. The fourth-order valence-corrected chi connectivity index (χ4v) is 13.2. The Morgan fingerprint density at radius 3 is 1.36 bits per heavy atom. The summed E-state index contributed by atoms with van der Waals surface area (Å²) in [6.07, 6.45) is 5.09. The van der Waals surface area contributed by atoms with Gasteiger partial charge in [-0.2, -0.15) is 4.55 Å². The fraction of sp³-hybridized carbons (Fsp3) is 0.250. The SMILES string of the molecule is c1ccc([C@@H]2CC[C@@H](c3ccccc3)P2N(N2CCCC2)P(c2ccccc2)c2ccccc2)cc1. The van der Waals surface area contributed by atoms with Gasteiger partial charge in [0.2, 0.25) is 0 Å². The predicted octanol–water partition coefficient (Wildman–Crippen LogP) is 8.02. The van der Waals surface area contributed by atoms with Gasteiger partial charge in [0.15, 0.2) is 0 Å². The van der Waals surface area contributed by atoms with Crippen LogP contribution in [0, 0.1) is 0 Å². The van der Waals surface area contributed by atoms with Gasteiger partial charge >= 0.3 is 0 Å². The van der Waals surface area contributed by atoms with E-state index in [1.165, 1.54) is 60.5 Å². The molecule has 0 amide bonds. The molecule has 36 heavy (non-hydrogen) atoms. The van der Waals surface area contributed by atoms with Crippen molar-refractivity contribution in [2.24, 2.45) is 0 Å². The number of rotatable bonds is 7. The van der Waals surface area contributed by atoms with Crippen LogP contribution >= 0.6 is 16.1 Å². The topological polar surface area (TPSA) is 6.48 Å². The van der Waals surface area contributed by atoms with Crippen molar-refractivity contribution < 1.29 is 0 Å². The van der Waals surface area contributed by atoms with Crippen molar-refractivity contribution in [2.45, 2.75) is 37.0 Å². The van der Waals surface area contributed by atoms with E-state index in [2.05, 4.69) is 131 Å². The zero-order valence-electron chi connectivity index (χ0n) is 20.7. The van der Waals surface area contributed by atoms with Gasteiger partial charge in [-0.15, -0.1) is 0 Å². The molecular weight excluding hydrogens is 474 g/mol. The van der Waals surface area contributed by atoms with Crippen LogP contribution in [-0.4, -0.2) is 22.6 Å². The molecule has 2 heterocycles. The molecule has 2 nitrogen and oxygen atoms in total. The summed E-state index contributed by atoms with van der Waals surface area (Å²) in [5.74, 6) is 0. The van der Waals surface area contributed by atoms with Gasteiger partial charge in [-0.05, 0) is 47.4 Å². The maximum Gasteiger partial charge on any atom is 0.0481 e. The molecule has 2 atom stereocenters. The third kappa shape index (κ3) is 4.93. The minimum atomic E-state index is -0.682. The second kappa shape index (κ2) is 11.4. The van der Waals surface area contributed by atoms with Crippen LogP contribution in [0.4, 0.5) is 0 Å². The largest absolute Gasteiger partial charge is 0.234 e. The standard InChI is InChI=1S/C32H34N2P2/c1-5-15-27(16-6-1)31-23-24-32(28-17-7-2-8-18-28)36(31)34(33-25-13-14-26-33)35(29-19-9-3-10-20-29)30-21-11-4-12-22-30/h1-12,15-22,31-32H,13-14,23-26H2/t31-,32-/m0/s1. The predicted molar refractivity (Wildman–Crippen MR) is 156 cm³/mol. The zero-order valence-corrected chi connectivity index (χ0v) is 22.5. The highest BCUT2D eigenvalue weighted by Gasteiger charge is 2.46. The molecule has 2 fully saturated rings. The molecule has 4 aromatic carbocycles. The van der Waals surface area contributed by atoms with Crippen LogP contribution in [0.3, 0.4) is 0 Å². The Kier molecular flexibility index (Phi) is 7.59. The van der Waals surface area contributed by atoms with Crippen LogP contribution in [0.1, 0.15) is 48.1 Å². The van der Waals surface area contributed by atoms with Gasteiger partial charge in [0.05, 0.1) is 0 Å². The minimum Gasteiger partial charge on any atom is -0.234 e. The Morgan fingerprint density at radius 1 is 0.556 bits per heavy atom. The van der Waals surface area contributed by atoms with Crippen molar-refractivity contribution in [2.75, 3.05) is 13.1 Å². The third-order valence-electron chi connectivity index (χ3n) is 7.44. The van der Waals surface area contributed by atoms with Crippen molar-refractivity contribution in [1.29, 1.82) is 0 Å². The van der Waals surface area contributed by atoms with E-state index in [-0.39, 0.29) is 0 Å². The molecule has 0 unspecified atom stereocenters. The molecule has 2 aliphatic heterocycles. The summed E-state index contributed by atoms with van der Waals surface area (Å²) in [6, 6.07) is 45.4. The van der Waals surface area contributed by atoms with Crippen LogP contribution < -0.4 is 10.6 Å². The third-order valence-corrected chi connectivity index (χ3v) is 13.8. The second-order valence-electron chi connectivity index (χ2n) is 9.72. The number of hydrogen-bond donors (Lipinski definition) is 0. The van der Waals surface area contributed by atoms with E-state index in [0.29, 0.717) is 11.3 Å². The van der Waals surface area contributed by atoms with Crippen molar-refractivity contribution in [3.63, 3.8) is 0 Å². The molecule has 0 aromatic heterocycles. The van der Waals surface area contributed by atoms with E-state index < -0.39 is 16.1 Å². The molecule has 182 valence electrons. The first-order chi connectivity index (χ1) is 17.9. The van der Waals surface area contributed by atoms with Gasteiger partial charge in [-0.3, -0.25) is 0 Å². The molecule has 2 saturated heterocycles. The average Bonchev–Trinajstić information content (AvgIpc) is 3.65. The van der Waals surface area contributed by atoms with Crippen LogP contribution in [0.15, 0.2) is 121 Å². The summed E-state index contributed by atoms with van der Waals surface area (Å²) >= 11 is 0. The van der Waals surface area contributed by atoms with E-state index in [1.54, 1.807) is 0 Å². The Hall–Kier alpha value is -2.34. The highest BCUT2D eigenvalue weighted by molar-refractivity contribution is 7.79. The Bertz CT molecular complexity index is 1130. The summed E-state index contributed by atoms with van der Waals surface area (Å²) in [5, 5.41) is 5.67. The molecule has 0 radical (unpaired) electrons. The molecule has 0 bridgehead atoms. The van der Waals surface area contributed by atoms with Gasteiger partial charge in [-0.1, -0.05) is 121 Å². The zero-order chi connectivity index (χ0) is 24.2. The maximum atomic E-state index is 2.96. The Balaban J connectivity index is 1.53. The molecule has 2 aliphatic rings. The fourth-order valence-electron chi connectivity index (χ4n) is 5.79. The lowest BCUT2D eigenvalue weighted by Gasteiger charge is -2.46. The van der Waals surface area contributed by atoms with Crippen LogP contribution in [0.25, 0.3) is 0 Å².